The van der Waals surface area contributed by atoms with Crippen LogP contribution in [0, 0.1) is 0 Å². The highest BCUT2D eigenvalue weighted by atomic mass is 35.5. The van der Waals surface area contributed by atoms with E-state index in [9.17, 15) is 9.59 Å². The van der Waals surface area contributed by atoms with Crippen molar-refractivity contribution in [1.82, 2.24) is 0 Å². The Morgan fingerprint density at radius 1 is 0.963 bits per heavy atom. The van der Waals surface area contributed by atoms with E-state index in [2.05, 4.69) is 9.98 Å². The van der Waals surface area contributed by atoms with Gasteiger partial charge in [-0.05, 0) is 18.2 Å². The van der Waals surface area contributed by atoms with Gasteiger partial charge in [-0.2, -0.15) is 9.98 Å². The zero-order chi connectivity index (χ0) is 19.4. The lowest BCUT2D eigenvalue weighted by atomic mass is 10.1. The number of rotatable bonds is 4. The number of amidine groups is 1. The van der Waals surface area contributed by atoms with Gasteiger partial charge in [0.1, 0.15) is 0 Å². The van der Waals surface area contributed by atoms with Gasteiger partial charge in [0, 0.05) is 16.1 Å². The average molecular weight is 387 g/mol. The Morgan fingerprint density at radius 2 is 1.59 bits per heavy atom. The van der Waals surface area contributed by atoms with E-state index in [-0.39, 0.29) is 11.7 Å². The molecule has 0 fully saturated rings. The first-order valence-corrected chi connectivity index (χ1v) is 8.23. The van der Waals surface area contributed by atoms with Crippen LogP contribution < -0.4 is 0 Å². The summed E-state index contributed by atoms with van der Waals surface area (Å²) in [5.41, 5.74) is -1.32. The van der Waals surface area contributed by atoms with Gasteiger partial charge in [-0.15, -0.1) is 0 Å². The summed E-state index contributed by atoms with van der Waals surface area (Å²) >= 11 is 6.04. The van der Waals surface area contributed by atoms with Crippen LogP contribution in [0.1, 0.15) is 11.1 Å². The Balaban J connectivity index is 2.22. The van der Waals surface area contributed by atoms with Crippen LogP contribution in [0.4, 0.5) is 0 Å². The normalized spacial score (nSPS) is 15.1. The van der Waals surface area contributed by atoms with Crippen molar-refractivity contribution >= 4 is 35.3 Å². The van der Waals surface area contributed by atoms with Gasteiger partial charge in [-0.1, -0.05) is 48.0 Å². The molecule has 27 heavy (non-hydrogen) atoms. The lowest BCUT2D eigenvalue weighted by Gasteiger charge is -2.29. The third kappa shape index (κ3) is 3.54. The fourth-order valence-electron chi connectivity index (χ4n) is 2.45. The third-order valence-corrected chi connectivity index (χ3v) is 3.98. The maximum Gasteiger partial charge on any atom is 0.401 e. The second-order valence-electron chi connectivity index (χ2n) is 5.46. The topological polar surface area (TPSA) is 86.6 Å². The van der Waals surface area contributed by atoms with Crippen LogP contribution in [0.5, 0.6) is 0 Å². The summed E-state index contributed by atoms with van der Waals surface area (Å²) in [7, 11) is 2.25. The third-order valence-electron chi connectivity index (χ3n) is 3.74. The molecule has 138 valence electrons. The molecule has 7 nitrogen and oxygen atoms in total. The van der Waals surface area contributed by atoms with E-state index < -0.39 is 17.7 Å². The minimum Gasteiger partial charge on any atom is -0.464 e. The molecule has 0 amide bonds. The SMILES string of the molecule is COC(=O)C1(C(=O)OC)N=C(c2ccccc2)N=C(c2cccc(Cl)c2)O1. The quantitative estimate of drug-likeness (QED) is 0.595. The molecule has 2 aromatic carbocycles. The lowest BCUT2D eigenvalue weighted by molar-refractivity contribution is -0.177. The minimum absolute atomic E-state index is 0.0119. The maximum absolute atomic E-state index is 12.5. The van der Waals surface area contributed by atoms with Gasteiger partial charge in [0.2, 0.25) is 5.90 Å². The van der Waals surface area contributed by atoms with E-state index in [1.807, 2.05) is 6.07 Å². The van der Waals surface area contributed by atoms with Crippen molar-refractivity contribution in [2.75, 3.05) is 14.2 Å². The molecule has 0 aromatic heterocycles. The predicted molar refractivity (Wildman–Crippen MR) is 98.8 cm³/mol. The van der Waals surface area contributed by atoms with Gasteiger partial charge in [0.15, 0.2) is 5.84 Å². The van der Waals surface area contributed by atoms with Crippen LogP contribution in [0.15, 0.2) is 64.6 Å². The molecule has 2 aromatic rings. The van der Waals surface area contributed by atoms with E-state index in [0.29, 0.717) is 16.1 Å². The van der Waals surface area contributed by atoms with Gasteiger partial charge in [0.25, 0.3) is 0 Å². The highest BCUT2D eigenvalue weighted by Gasteiger charge is 2.55. The fourth-order valence-corrected chi connectivity index (χ4v) is 2.64. The van der Waals surface area contributed by atoms with E-state index in [1.165, 1.54) is 0 Å². The van der Waals surface area contributed by atoms with Crippen LogP contribution in [-0.4, -0.2) is 43.6 Å². The molecule has 0 radical (unpaired) electrons. The standard InChI is InChI=1S/C19H15ClN2O5/c1-25-17(23)19(18(24)26-2)22-15(12-7-4-3-5-8-12)21-16(27-19)13-9-6-10-14(20)11-13/h3-11H,1-2H3. The number of nitrogens with zero attached hydrogens (tertiary/aromatic N) is 2. The van der Waals surface area contributed by atoms with E-state index >= 15 is 0 Å². The lowest BCUT2D eigenvalue weighted by Crippen LogP contribution is -2.52. The van der Waals surface area contributed by atoms with Crippen molar-refractivity contribution in [2.45, 2.75) is 5.72 Å². The van der Waals surface area contributed by atoms with Crippen molar-refractivity contribution in [2.24, 2.45) is 9.98 Å². The summed E-state index contributed by atoms with van der Waals surface area (Å²) in [4.78, 5) is 33.5. The molecule has 1 heterocycles. The molecule has 0 bridgehead atoms. The maximum atomic E-state index is 12.5. The van der Waals surface area contributed by atoms with Crippen molar-refractivity contribution in [3.8, 4) is 0 Å². The number of esters is 2. The van der Waals surface area contributed by atoms with Gasteiger partial charge >= 0.3 is 17.7 Å². The smallest absolute Gasteiger partial charge is 0.401 e. The Labute approximate surface area is 160 Å². The van der Waals surface area contributed by atoms with Gasteiger partial charge in [0.05, 0.1) is 14.2 Å². The number of aliphatic imine (C=N–C) groups is 2. The molecule has 0 unspecified atom stereocenters. The number of methoxy groups -OCH3 is 2. The zero-order valence-electron chi connectivity index (χ0n) is 14.5. The molecule has 0 atom stereocenters. The van der Waals surface area contributed by atoms with Gasteiger partial charge in [-0.25, -0.2) is 9.59 Å². The van der Waals surface area contributed by atoms with Gasteiger partial charge in [-0.3, -0.25) is 0 Å². The van der Waals surface area contributed by atoms with E-state index in [0.717, 1.165) is 14.2 Å². The van der Waals surface area contributed by atoms with Crippen molar-refractivity contribution in [3.05, 3.63) is 70.7 Å². The molecule has 1 aliphatic rings. The fraction of sp³-hybridized carbons (Fsp3) is 0.158. The molecule has 1 aliphatic heterocycles. The summed E-state index contributed by atoms with van der Waals surface area (Å²) in [6.07, 6.45) is 0. The highest BCUT2D eigenvalue weighted by molar-refractivity contribution is 6.31. The van der Waals surface area contributed by atoms with Crippen LogP contribution in [0.2, 0.25) is 5.02 Å². The number of carbonyl (C=O) groups is 2. The number of halogens is 1. The first-order valence-electron chi connectivity index (χ1n) is 7.86. The van der Waals surface area contributed by atoms with Gasteiger partial charge < -0.3 is 14.2 Å². The average Bonchev–Trinajstić information content (AvgIpc) is 2.72. The molecular weight excluding hydrogens is 372 g/mol. The molecule has 3 rings (SSSR count). The second-order valence-corrected chi connectivity index (χ2v) is 5.89. The summed E-state index contributed by atoms with van der Waals surface area (Å²) in [6, 6.07) is 15.5. The minimum atomic E-state index is -2.37. The number of benzene rings is 2. The van der Waals surface area contributed by atoms with Crippen LogP contribution >= 0.6 is 11.6 Å². The number of hydrogen-bond acceptors (Lipinski definition) is 7. The largest absolute Gasteiger partial charge is 0.464 e. The van der Waals surface area contributed by atoms with Crippen molar-refractivity contribution in [1.29, 1.82) is 0 Å². The molecular formula is C19H15ClN2O5. The Morgan fingerprint density at radius 3 is 2.19 bits per heavy atom. The predicted octanol–water partition coefficient (Wildman–Crippen LogP) is 2.61. The highest BCUT2D eigenvalue weighted by Crippen LogP contribution is 2.27. The van der Waals surface area contributed by atoms with E-state index in [4.69, 9.17) is 25.8 Å². The van der Waals surface area contributed by atoms with Crippen molar-refractivity contribution in [3.63, 3.8) is 0 Å². The molecule has 0 saturated carbocycles. The van der Waals surface area contributed by atoms with Crippen LogP contribution in [-0.2, 0) is 23.8 Å². The van der Waals surface area contributed by atoms with Crippen LogP contribution in [0.3, 0.4) is 0 Å². The zero-order valence-corrected chi connectivity index (χ0v) is 15.3. The number of carbonyl (C=O) groups excluding carboxylic acids is 2. The Kier molecular flexibility index (Phi) is 5.23. The number of hydrogen-bond donors (Lipinski definition) is 0. The van der Waals surface area contributed by atoms with Crippen molar-refractivity contribution < 1.29 is 23.8 Å². The van der Waals surface area contributed by atoms with Crippen LogP contribution in [0.25, 0.3) is 0 Å². The molecule has 8 heteroatoms. The first kappa shape index (κ1) is 18.6. The Hall–Kier alpha value is -3.19. The monoisotopic (exact) mass is 386 g/mol. The van der Waals surface area contributed by atoms with E-state index in [1.54, 1.807) is 48.5 Å². The molecule has 0 N–H and O–H groups in total. The number of ether oxygens (including phenoxy) is 3. The Bertz CT molecular complexity index is 924. The summed E-state index contributed by atoms with van der Waals surface area (Å²) < 4.78 is 15.1. The molecule has 0 aliphatic carbocycles. The molecule has 0 spiro atoms. The molecule has 0 saturated heterocycles. The summed E-state index contributed by atoms with van der Waals surface area (Å²) in [6.45, 7) is 0. The first-order chi connectivity index (χ1) is 13.0. The summed E-state index contributed by atoms with van der Waals surface area (Å²) in [5.74, 6) is -1.95. The summed E-state index contributed by atoms with van der Waals surface area (Å²) in [5, 5.41) is 0.435. The second kappa shape index (κ2) is 7.59.